The van der Waals surface area contributed by atoms with Crippen molar-refractivity contribution in [2.45, 2.75) is 13.0 Å². The van der Waals surface area contributed by atoms with Gasteiger partial charge in [0.2, 0.25) is 0 Å². The predicted octanol–water partition coefficient (Wildman–Crippen LogP) is 3.70. The highest BCUT2D eigenvalue weighted by Crippen LogP contribution is 2.20. The third-order valence-corrected chi connectivity index (χ3v) is 3.48. The van der Waals surface area contributed by atoms with E-state index in [9.17, 15) is 22.8 Å². The van der Waals surface area contributed by atoms with E-state index in [0.717, 1.165) is 12.1 Å². The van der Waals surface area contributed by atoms with Crippen LogP contribution in [0.15, 0.2) is 42.5 Å². The quantitative estimate of drug-likeness (QED) is 0.472. The van der Waals surface area contributed by atoms with Gasteiger partial charge in [0.1, 0.15) is 5.75 Å². The van der Waals surface area contributed by atoms with Crippen LogP contribution < -0.4 is 10.1 Å². The van der Waals surface area contributed by atoms with Gasteiger partial charge in [0.05, 0.1) is 12.8 Å². The number of benzene rings is 2. The minimum Gasteiger partial charge on any atom is -0.497 e. The minimum absolute atomic E-state index is 0.560. The summed E-state index contributed by atoms with van der Waals surface area (Å²) in [6.07, 6.45) is 1.30. The Labute approximate surface area is 153 Å². The third kappa shape index (κ3) is 5.34. The summed E-state index contributed by atoms with van der Waals surface area (Å²) >= 11 is 0. The second kappa shape index (κ2) is 8.88. The number of anilines is 1. The van der Waals surface area contributed by atoms with Gasteiger partial charge in [-0.05, 0) is 42.8 Å². The predicted molar refractivity (Wildman–Crippen MR) is 92.5 cm³/mol. The molecule has 27 heavy (non-hydrogen) atoms. The lowest BCUT2D eigenvalue weighted by atomic mass is 10.2. The fourth-order valence-electron chi connectivity index (χ4n) is 2.00. The normalized spacial score (nSPS) is 11.9. The first-order chi connectivity index (χ1) is 12.8. The SMILES string of the molecule is COc1ccc(/C=C/C(=O)O[C@H](C)C(=O)Nc2ccc(F)c(F)c2F)cc1. The summed E-state index contributed by atoms with van der Waals surface area (Å²) in [5.41, 5.74) is 0.143. The standard InChI is InChI=1S/C19H16F3NO4/c1-11(19(25)23-15-9-8-14(20)17(21)18(15)22)27-16(24)10-5-12-3-6-13(26-2)7-4-12/h3-11H,1-2H3,(H,23,25)/b10-5+/t11-/m1/s1. The van der Waals surface area contributed by atoms with Crippen LogP contribution in [0, 0.1) is 17.5 Å². The van der Waals surface area contributed by atoms with Crippen LogP contribution in [0.1, 0.15) is 12.5 Å². The Balaban J connectivity index is 1.94. The van der Waals surface area contributed by atoms with Crippen LogP contribution in [-0.2, 0) is 14.3 Å². The van der Waals surface area contributed by atoms with Crippen LogP contribution >= 0.6 is 0 Å². The zero-order chi connectivity index (χ0) is 20.0. The molecule has 0 bridgehead atoms. The molecule has 0 saturated heterocycles. The molecule has 2 rings (SSSR count). The van der Waals surface area contributed by atoms with Crippen molar-refractivity contribution < 1.29 is 32.2 Å². The molecule has 0 spiro atoms. The summed E-state index contributed by atoms with van der Waals surface area (Å²) < 4.78 is 49.5. The van der Waals surface area contributed by atoms with Crippen LogP contribution in [0.25, 0.3) is 6.08 Å². The maximum absolute atomic E-state index is 13.6. The van der Waals surface area contributed by atoms with Crippen LogP contribution in [0.3, 0.4) is 0 Å². The molecule has 142 valence electrons. The van der Waals surface area contributed by atoms with Crippen molar-refractivity contribution in [3.8, 4) is 5.75 Å². The molecule has 8 heteroatoms. The second-order valence-electron chi connectivity index (χ2n) is 5.40. The lowest BCUT2D eigenvalue weighted by Crippen LogP contribution is -2.29. The lowest BCUT2D eigenvalue weighted by Gasteiger charge is -2.13. The van der Waals surface area contributed by atoms with E-state index in [4.69, 9.17) is 9.47 Å². The first-order valence-corrected chi connectivity index (χ1v) is 7.79. The largest absolute Gasteiger partial charge is 0.497 e. The number of carbonyl (C=O) groups excluding carboxylic acids is 2. The zero-order valence-electron chi connectivity index (χ0n) is 14.5. The molecular weight excluding hydrogens is 363 g/mol. The maximum atomic E-state index is 13.6. The van der Waals surface area contributed by atoms with Gasteiger partial charge in [-0.25, -0.2) is 18.0 Å². The van der Waals surface area contributed by atoms with Crippen LogP contribution in [0.4, 0.5) is 18.9 Å². The number of ether oxygens (including phenoxy) is 2. The van der Waals surface area contributed by atoms with Crippen molar-refractivity contribution in [1.29, 1.82) is 0 Å². The molecule has 0 saturated carbocycles. The van der Waals surface area contributed by atoms with Gasteiger partial charge in [-0.1, -0.05) is 12.1 Å². The van der Waals surface area contributed by atoms with E-state index in [1.165, 1.54) is 20.1 Å². The highest BCUT2D eigenvalue weighted by atomic mass is 19.2. The van der Waals surface area contributed by atoms with Crippen molar-refractivity contribution in [1.82, 2.24) is 0 Å². The Morgan fingerprint density at radius 1 is 1.04 bits per heavy atom. The molecule has 1 amide bonds. The molecule has 0 heterocycles. The molecule has 0 aliphatic carbocycles. The van der Waals surface area contributed by atoms with Gasteiger partial charge in [0.25, 0.3) is 5.91 Å². The van der Waals surface area contributed by atoms with Crippen LogP contribution in [0.2, 0.25) is 0 Å². The molecule has 1 atom stereocenters. The number of rotatable bonds is 6. The van der Waals surface area contributed by atoms with Crippen LogP contribution in [-0.4, -0.2) is 25.1 Å². The van der Waals surface area contributed by atoms with Gasteiger partial charge >= 0.3 is 5.97 Å². The number of hydrogen-bond acceptors (Lipinski definition) is 4. The number of hydrogen-bond donors (Lipinski definition) is 1. The molecule has 2 aromatic carbocycles. The summed E-state index contributed by atoms with van der Waals surface area (Å²) in [5.74, 6) is -5.68. The fraction of sp³-hybridized carbons (Fsp3) is 0.158. The molecule has 0 radical (unpaired) electrons. The van der Waals surface area contributed by atoms with E-state index in [2.05, 4.69) is 0 Å². The Morgan fingerprint density at radius 3 is 2.33 bits per heavy atom. The number of carbonyl (C=O) groups is 2. The summed E-state index contributed by atoms with van der Waals surface area (Å²) in [7, 11) is 1.53. The van der Waals surface area contributed by atoms with E-state index in [-0.39, 0.29) is 0 Å². The summed E-state index contributed by atoms with van der Waals surface area (Å²) in [5, 5.41) is 2.03. The topological polar surface area (TPSA) is 64.6 Å². The lowest BCUT2D eigenvalue weighted by molar-refractivity contribution is -0.148. The third-order valence-electron chi connectivity index (χ3n) is 3.48. The summed E-state index contributed by atoms with van der Waals surface area (Å²) in [6.45, 7) is 1.26. The molecule has 0 aliphatic rings. The minimum atomic E-state index is -1.71. The molecule has 0 unspecified atom stereocenters. The Kier molecular flexibility index (Phi) is 6.59. The Bertz CT molecular complexity index is 866. The molecule has 0 fully saturated rings. The van der Waals surface area contributed by atoms with E-state index in [0.29, 0.717) is 17.4 Å². The number of methoxy groups -OCH3 is 1. The first-order valence-electron chi connectivity index (χ1n) is 7.79. The fourth-order valence-corrected chi connectivity index (χ4v) is 2.00. The van der Waals surface area contributed by atoms with Gasteiger partial charge in [0.15, 0.2) is 23.6 Å². The highest BCUT2D eigenvalue weighted by molar-refractivity contribution is 5.96. The molecular formula is C19H16F3NO4. The Hall–Kier alpha value is -3.29. The molecule has 2 aromatic rings. The average Bonchev–Trinajstić information content (AvgIpc) is 2.67. The van der Waals surface area contributed by atoms with Crippen molar-refractivity contribution in [3.63, 3.8) is 0 Å². The number of nitrogens with one attached hydrogen (secondary N) is 1. The maximum Gasteiger partial charge on any atom is 0.331 e. The van der Waals surface area contributed by atoms with Crippen LogP contribution in [0.5, 0.6) is 5.75 Å². The Morgan fingerprint density at radius 2 is 1.70 bits per heavy atom. The van der Waals surface area contributed by atoms with Crippen molar-refractivity contribution in [3.05, 3.63) is 65.5 Å². The molecule has 1 N–H and O–H groups in total. The molecule has 0 aromatic heterocycles. The first kappa shape index (κ1) is 20.0. The smallest absolute Gasteiger partial charge is 0.331 e. The van der Waals surface area contributed by atoms with Gasteiger partial charge in [0, 0.05) is 6.08 Å². The zero-order valence-corrected chi connectivity index (χ0v) is 14.5. The highest BCUT2D eigenvalue weighted by Gasteiger charge is 2.20. The average molecular weight is 379 g/mol. The molecule has 0 aliphatic heterocycles. The van der Waals surface area contributed by atoms with Gasteiger partial charge < -0.3 is 14.8 Å². The van der Waals surface area contributed by atoms with E-state index < -0.39 is 41.1 Å². The van der Waals surface area contributed by atoms with Crippen molar-refractivity contribution in [2.24, 2.45) is 0 Å². The van der Waals surface area contributed by atoms with Crippen molar-refractivity contribution >= 4 is 23.6 Å². The van der Waals surface area contributed by atoms with Gasteiger partial charge in [-0.2, -0.15) is 0 Å². The number of amides is 1. The summed E-state index contributed by atoms with van der Waals surface area (Å²) in [4.78, 5) is 23.7. The van der Waals surface area contributed by atoms with E-state index >= 15 is 0 Å². The van der Waals surface area contributed by atoms with Gasteiger partial charge in [-0.3, -0.25) is 4.79 Å². The van der Waals surface area contributed by atoms with E-state index in [1.54, 1.807) is 24.3 Å². The monoisotopic (exact) mass is 379 g/mol. The second-order valence-corrected chi connectivity index (χ2v) is 5.40. The summed E-state index contributed by atoms with van der Waals surface area (Å²) in [6, 6.07) is 8.37. The van der Waals surface area contributed by atoms with E-state index in [1.807, 2.05) is 5.32 Å². The van der Waals surface area contributed by atoms with Gasteiger partial charge in [-0.15, -0.1) is 0 Å². The number of halogens is 3. The number of esters is 1. The molecule has 5 nitrogen and oxygen atoms in total. The van der Waals surface area contributed by atoms with Crippen molar-refractivity contribution in [2.75, 3.05) is 12.4 Å².